The van der Waals surface area contributed by atoms with Crippen LogP contribution in [0.3, 0.4) is 0 Å². The molecular weight excluding hydrogens is 299 g/mol. The fraction of sp³-hybridized carbons (Fsp3) is 0.429. The lowest BCUT2D eigenvalue weighted by atomic mass is 10.1. The van der Waals surface area contributed by atoms with Crippen molar-refractivity contribution in [1.29, 1.82) is 0 Å². The maximum atomic E-state index is 13.7. The van der Waals surface area contributed by atoms with Crippen LogP contribution < -0.4 is 5.32 Å². The van der Waals surface area contributed by atoms with Gasteiger partial charge in [0.25, 0.3) is 0 Å². The first-order valence-corrected chi connectivity index (χ1v) is 6.92. The molecule has 0 unspecified atom stereocenters. The summed E-state index contributed by atoms with van der Waals surface area (Å²) in [6.07, 6.45) is -1.00. The number of halogens is 2. The first-order valence-electron chi connectivity index (χ1n) is 6.54. The predicted molar refractivity (Wildman–Crippen MR) is 75.3 cm³/mol. The second kappa shape index (κ2) is 6.41. The molecule has 1 heterocycles. The number of hydrogen-bond donors (Lipinski definition) is 2. The van der Waals surface area contributed by atoms with E-state index in [-0.39, 0.29) is 41.9 Å². The Labute approximate surface area is 126 Å². The molecule has 0 bridgehead atoms. The van der Waals surface area contributed by atoms with E-state index in [1.54, 1.807) is 0 Å². The van der Waals surface area contributed by atoms with Gasteiger partial charge in [0.2, 0.25) is 11.8 Å². The SMILES string of the molecule is CC(=O)N[C@@H]1CN(C(=O)Cc2c(F)cccc2Cl)C[C@H]1O. The van der Waals surface area contributed by atoms with E-state index in [0.717, 1.165) is 0 Å². The molecule has 0 aromatic heterocycles. The number of carbonyl (C=O) groups excluding carboxylic acids is 2. The summed E-state index contributed by atoms with van der Waals surface area (Å²) < 4.78 is 13.7. The maximum Gasteiger partial charge on any atom is 0.227 e. The quantitative estimate of drug-likeness (QED) is 0.864. The Hall–Kier alpha value is -1.66. The van der Waals surface area contributed by atoms with Crippen LogP contribution in [0.4, 0.5) is 4.39 Å². The summed E-state index contributed by atoms with van der Waals surface area (Å²) in [4.78, 5) is 24.6. The summed E-state index contributed by atoms with van der Waals surface area (Å²) in [5.41, 5.74) is 0.140. The van der Waals surface area contributed by atoms with Gasteiger partial charge >= 0.3 is 0 Å². The molecule has 0 saturated carbocycles. The number of β-amino-alcohol motifs (C(OH)–C–C–N with tert-alkyl or cyclic N) is 1. The monoisotopic (exact) mass is 314 g/mol. The molecule has 0 spiro atoms. The van der Waals surface area contributed by atoms with Crippen LogP contribution in [0, 0.1) is 5.82 Å². The minimum atomic E-state index is -0.825. The van der Waals surface area contributed by atoms with E-state index in [2.05, 4.69) is 5.32 Å². The van der Waals surface area contributed by atoms with Gasteiger partial charge in [-0.3, -0.25) is 9.59 Å². The second-order valence-corrected chi connectivity index (χ2v) is 5.46. The lowest BCUT2D eigenvalue weighted by Gasteiger charge is -2.17. The molecule has 21 heavy (non-hydrogen) atoms. The fourth-order valence-electron chi connectivity index (χ4n) is 2.36. The lowest BCUT2D eigenvalue weighted by Crippen LogP contribution is -2.42. The predicted octanol–water partition coefficient (Wildman–Crippen LogP) is 0.729. The molecule has 2 atom stereocenters. The summed E-state index contributed by atoms with van der Waals surface area (Å²) in [5.74, 6) is -1.14. The molecule has 1 fully saturated rings. The van der Waals surface area contributed by atoms with Crippen molar-refractivity contribution < 1.29 is 19.1 Å². The molecule has 7 heteroatoms. The minimum Gasteiger partial charge on any atom is -0.389 e. The second-order valence-electron chi connectivity index (χ2n) is 5.05. The Morgan fingerprint density at radius 2 is 2.19 bits per heavy atom. The van der Waals surface area contributed by atoms with Crippen LogP contribution in [0.5, 0.6) is 0 Å². The molecule has 1 aromatic rings. The van der Waals surface area contributed by atoms with Gasteiger partial charge in [0, 0.05) is 30.6 Å². The van der Waals surface area contributed by atoms with Crippen molar-refractivity contribution in [2.24, 2.45) is 0 Å². The number of amides is 2. The Balaban J connectivity index is 2.03. The Kier molecular flexibility index (Phi) is 4.80. The van der Waals surface area contributed by atoms with Crippen LogP contribution in [0.1, 0.15) is 12.5 Å². The topological polar surface area (TPSA) is 69.6 Å². The van der Waals surface area contributed by atoms with Crippen molar-refractivity contribution in [3.63, 3.8) is 0 Å². The summed E-state index contributed by atoms with van der Waals surface area (Å²) in [7, 11) is 0. The van der Waals surface area contributed by atoms with E-state index in [4.69, 9.17) is 11.6 Å². The summed E-state index contributed by atoms with van der Waals surface area (Å²) in [6.45, 7) is 1.65. The fourth-order valence-corrected chi connectivity index (χ4v) is 2.59. The molecular formula is C14H16ClFN2O3. The van der Waals surface area contributed by atoms with Crippen molar-refractivity contribution in [1.82, 2.24) is 10.2 Å². The summed E-state index contributed by atoms with van der Waals surface area (Å²) >= 11 is 5.89. The normalized spacial score (nSPS) is 21.4. The average molecular weight is 315 g/mol. The van der Waals surface area contributed by atoms with Crippen LogP contribution >= 0.6 is 11.6 Å². The van der Waals surface area contributed by atoms with E-state index in [0.29, 0.717) is 0 Å². The number of likely N-dealkylation sites (tertiary alicyclic amines) is 1. The third kappa shape index (κ3) is 3.71. The zero-order chi connectivity index (χ0) is 15.6. The third-order valence-corrected chi connectivity index (χ3v) is 3.77. The van der Waals surface area contributed by atoms with E-state index < -0.39 is 18.0 Å². The number of nitrogens with zero attached hydrogens (tertiary/aromatic N) is 1. The van der Waals surface area contributed by atoms with Crippen LogP contribution in [-0.4, -0.2) is 47.1 Å². The number of nitrogens with one attached hydrogen (secondary N) is 1. The number of hydrogen-bond acceptors (Lipinski definition) is 3. The van der Waals surface area contributed by atoms with E-state index >= 15 is 0 Å². The molecule has 0 radical (unpaired) electrons. The molecule has 114 valence electrons. The smallest absolute Gasteiger partial charge is 0.227 e. The highest BCUT2D eigenvalue weighted by Gasteiger charge is 2.34. The zero-order valence-electron chi connectivity index (χ0n) is 11.5. The average Bonchev–Trinajstić information content (AvgIpc) is 2.75. The van der Waals surface area contributed by atoms with Gasteiger partial charge in [0.05, 0.1) is 18.6 Å². The first kappa shape index (κ1) is 15.7. The Morgan fingerprint density at radius 3 is 2.81 bits per heavy atom. The number of rotatable bonds is 3. The van der Waals surface area contributed by atoms with Crippen LogP contribution in [0.25, 0.3) is 0 Å². The standard InChI is InChI=1S/C14H16ClFN2O3/c1-8(19)17-12-6-18(7-13(12)20)14(21)5-9-10(15)3-2-4-11(9)16/h2-4,12-13,20H,5-7H2,1H3,(H,17,19)/t12-,13-/m1/s1. The van der Waals surface area contributed by atoms with Crippen LogP contribution in [-0.2, 0) is 16.0 Å². The van der Waals surface area contributed by atoms with Gasteiger partial charge < -0.3 is 15.3 Å². The minimum absolute atomic E-state index is 0.107. The summed E-state index contributed by atoms with van der Waals surface area (Å²) in [6, 6.07) is 3.74. The van der Waals surface area contributed by atoms with Crippen LogP contribution in [0.15, 0.2) is 18.2 Å². The Morgan fingerprint density at radius 1 is 1.48 bits per heavy atom. The van der Waals surface area contributed by atoms with Gasteiger partial charge in [-0.05, 0) is 12.1 Å². The molecule has 2 N–H and O–H groups in total. The van der Waals surface area contributed by atoms with Crippen LogP contribution in [0.2, 0.25) is 5.02 Å². The van der Waals surface area contributed by atoms with Gasteiger partial charge in [-0.2, -0.15) is 0 Å². The largest absolute Gasteiger partial charge is 0.389 e. The molecule has 2 amide bonds. The molecule has 1 aliphatic rings. The molecule has 0 aliphatic carbocycles. The van der Waals surface area contributed by atoms with Gasteiger partial charge in [-0.1, -0.05) is 17.7 Å². The number of benzene rings is 1. The lowest BCUT2D eigenvalue weighted by molar-refractivity contribution is -0.130. The highest BCUT2D eigenvalue weighted by Crippen LogP contribution is 2.21. The van der Waals surface area contributed by atoms with Crippen molar-refractivity contribution in [2.75, 3.05) is 13.1 Å². The number of aliphatic hydroxyl groups excluding tert-OH is 1. The number of carbonyl (C=O) groups is 2. The van der Waals surface area contributed by atoms with Gasteiger partial charge in [0.1, 0.15) is 5.82 Å². The maximum absolute atomic E-state index is 13.7. The summed E-state index contributed by atoms with van der Waals surface area (Å²) in [5, 5.41) is 12.6. The number of aliphatic hydroxyl groups is 1. The first-order chi connectivity index (χ1) is 9.88. The highest BCUT2D eigenvalue weighted by atomic mass is 35.5. The van der Waals surface area contributed by atoms with Gasteiger partial charge in [0.15, 0.2) is 0 Å². The third-order valence-electron chi connectivity index (χ3n) is 3.42. The molecule has 1 saturated heterocycles. The molecule has 5 nitrogen and oxygen atoms in total. The van der Waals surface area contributed by atoms with Crippen molar-refractivity contribution in [2.45, 2.75) is 25.5 Å². The zero-order valence-corrected chi connectivity index (χ0v) is 12.2. The van der Waals surface area contributed by atoms with E-state index in [1.165, 1.54) is 30.0 Å². The van der Waals surface area contributed by atoms with Crippen molar-refractivity contribution in [3.05, 3.63) is 34.6 Å². The highest BCUT2D eigenvalue weighted by molar-refractivity contribution is 6.31. The Bertz CT molecular complexity index is 547. The van der Waals surface area contributed by atoms with Gasteiger partial charge in [-0.15, -0.1) is 0 Å². The molecule has 1 aromatic carbocycles. The van der Waals surface area contributed by atoms with Gasteiger partial charge in [-0.25, -0.2) is 4.39 Å². The van der Waals surface area contributed by atoms with E-state index in [9.17, 15) is 19.1 Å². The van der Waals surface area contributed by atoms with E-state index in [1.807, 2.05) is 0 Å². The van der Waals surface area contributed by atoms with Crippen molar-refractivity contribution in [3.8, 4) is 0 Å². The molecule has 1 aliphatic heterocycles. The molecule has 2 rings (SSSR count). The van der Waals surface area contributed by atoms with Crippen molar-refractivity contribution >= 4 is 23.4 Å².